The van der Waals surface area contributed by atoms with Gasteiger partial charge in [0.25, 0.3) is 0 Å². The fourth-order valence-electron chi connectivity index (χ4n) is 4.88. The van der Waals surface area contributed by atoms with Crippen molar-refractivity contribution >= 4 is 77.2 Å². The van der Waals surface area contributed by atoms with E-state index in [9.17, 15) is 25.2 Å². The zero-order valence-electron chi connectivity index (χ0n) is 27.5. The Bertz CT molecular complexity index is 1870. The Morgan fingerprint density at radius 3 is 2.29 bits per heavy atom. The maximum Gasteiger partial charge on any atom is 0.326 e. The molecule has 1 amide bonds. The Labute approximate surface area is 321 Å². The molecule has 0 bridgehead atoms. The first kappa shape index (κ1) is 43.0. The molecule has 12 nitrogen and oxygen atoms in total. The summed E-state index contributed by atoms with van der Waals surface area (Å²) in [4.78, 5) is 35.0. The highest BCUT2D eigenvalue weighted by molar-refractivity contribution is 7.98. The average molecular weight is 792 g/mol. The van der Waals surface area contributed by atoms with E-state index in [1.165, 1.54) is 34.9 Å². The van der Waals surface area contributed by atoms with Gasteiger partial charge in [0, 0.05) is 27.3 Å². The number of nitriles is 2. The molecule has 7 N–H and O–H groups in total. The minimum Gasteiger partial charge on any atom is -0.492 e. The topological polar surface area (TPSA) is 218 Å². The van der Waals surface area contributed by atoms with Gasteiger partial charge in [-0.3, -0.25) is 4.79 Å². The number of thioether (sulfide) groups is 1. The summed E-state index contributed by atoms with van der Waals surface area (Å²) in [5.74, 6) is -0.781. The zero-order valence-corrected chi connectivity index (χ0v) is 31.5. The molecule has 2 heterocycles. The van der Waals surface area contributed by atoms with Crippen LogP contribution in [-0.2, 0) is 15.3 Å². The van der Waals surface area contributed by atoms with Crippen LogP contribution in [0, 0.1) is 22.7 Å². The Hall–Kier alpha value is -4.12. The van der Waals surface area contributed by atoms with Crippen LogP contribution in [0.1, 0.15) is 43.0 Å². The van der Waals surface area contributed by atoms with Gasteiger partial charge < -0.3 is 31.9 Å². The van der Waals surface area contributed by atoms with Gasteiger partial charge in [0.1, 0.15) is 52.0 Å². The molecule has 270 valence electrons. The number of nitrogen functional groups attached to an aromatic ring is 1. The summed E-state index contributed by atoms with van der Waals surface area (Å²) >= 11 is 8.79. The van der Waals surface area contributed by atoms with Crippen LogP contribution < -0.4 is 21.9 Å². The van der Waals surface area contributed by atoms with Crippen molar-refractivity contribution in [3.8, 4) is 39.6 Å². The molecule has 4 rings (SSSR count). The van der Waals surface area contributed by atoms with Crippen LogP contribution in [0.25, 0.3) is 21.7 Å². The summed E-state index contributed by atoms with van der Waals surface area (Å²) < 4.78 is 5.85. The van der Waals surface area contributed by atoms with Crippen molar-refractivity contribution in [2.45, 2.75) is 49.0 Å². The minimum absolute atomic E-state index is 0. The number of nitrogens with two attached hydrogens (primary N) is 3. The first-order valence-corrected chi connectivity index (χ1v) is 17.5. The van der Waals surface area contributed by atoms with Gasteiger partial charge in [-0.05, 0) is 56.1 Å². The van der Waals surface area contributed by atoms with Crippen molar-refractivity contribution in [1.82, 2.24) is 14.9 Å². The van der Waals surface area contributed by atoms with E-state index in [2.05, 4.69) is 17.1 Å². The molecule has 0 saturated carbocycles. The van der Waals surface area contributed by atoms with Gasteiger partial charge in [0.05, 0.1) is 23.8 Å². The summed E-state index contributed by atoms with van der Waals surface area (Å²) in [6, 6.07) is 16.4. The number of carbonyl (C=O) groups is 2. The molecule has 2 aromatic heterocycles. The third-order valence-electron chi connectivity index (χ3n) is 7.55. The fraction of sp³-hybridized carbons (Fsp3) is 0.294. The lowest BCUT2D eigenvalue weighted by Crippen LogP contribution is -2.51. The van der Waals surface area contributed by atoms with Gasteiger partial charge in [0.2, 0.25) is 5.91 Å². The number of benzene rings is 2. The lowest BCUT2D eigenvalue weighted by molar-refractivity contribution is -0.150. The van der Waals surface area contributed by atoms with Crippen molar-refractivity contribution in [2.24, 2.45) is 11.5 Å². The fourth-order valence-corrected chi connectivity index (χ4v) is 6.83. The molecule has 51 heavy (non-hydrogen) atoms. The van der Waals surface area contributed by atoms with E-state index in [1.54, 1.807) is 36.4 Å². The molecular formula is C34H37Cl3N8O4S2. The van der Waals surface area contributed by atoms with Gasteiger partial charge in [-0.1, -0.05) is 54.0 Å². The summed E-state index contributed by atoms with van der Waals surface area (Å²) in [6.07, 6.45) is 1.77. The van der Waals surface area contributed by atoms with Crippen molar-refractivity contribution in [3.63, 3.8) is 0 Å². The molecular weight excluding hydrogens is 755 g/mol. The molecule has 2 atom stereocenters. The second-order valence-electron chi connectivity index (χ2n) is 10.9. The number of amides is 1. The van der Waals surface area contributed by atoms with Crippen LogP contribution in [0.3, 0.4) is 0 Å². The van der Waals surface area contributed by atoms with E-state index in [1.807, 2.05) is 17.5 Å². The number of halogens is 3. The summed E-state index contributed by atoms with van der Waals surface area (Å²) in [5, 5.41) is 33.5. The third-order valence-corrected chi connectivity index (χ3v) is 9.75. The van der Waals surface area contributed by atoms with Crippen molar-refractivity contribution < 1.29 is 19.4 Å². The quantitative estimate of drug-likeness (QED) is 0.0745. The number of carbonyl (C=O) groups excluding carboxylic acids is 1. The van der Waals surface area contributed by atoms with E-state index in [4.69, 9.17) is 38.5 Å². The normalized spacial score (nSPS) is 11.6. The summed E-state index contributed by atoms with van der Waals surface area (Å²) in [5.41, 5.74) is 20.7. The van der Waals surface area contributed by atoms with Gasteiger partial charge in [-0.25, -0.2) is 14.8 Å². The first-order valence-electron chi connectivity index (χ1n) is 15.3. The third kappa shape index (κ3) is 11.2. The predicted octanol–water partition coefficient (Wildman–Crippen LogP) is 6.12. The lowest BCUT2D eigenvalue weighted by Gasteiger charge is -2.29. The van der Waals surface area contributed by atoms with Gasteiger partial charge in [0.15, 0.2) is 0 Å². The van der Waals surface area contributed by atoms with Crippen LogP contribution in [0.4, 0.5) is 5.82 Å². The molecule has 4 aromatic rings. The smallest absolute Gasteiger partial charge is 0.326 e. The number of thiazole rings is 1. The van der Waals surface area contributed by atoms with Crippen LogP contribution in [0.5, 0.6) is 5.75 Å². The Morgan fingerprint density at radius 1 is 1.04 bits per heavy atom. The van der Waals surface area contributed by atoms with E-state index in [-0.39, 0.29) is 54.9 Å². The van der Waals surface area contributed by atoms with Crippen molar-refractivity contribution in [1.29, 1.82) is 10.5 Å². The molecule has 2 aromatic carbocycles. The number of pyridine rings is 1. The average Bonchev–Trinajstić information content (AvgIpc) is 3.58. The highest BCUT2D eigenvalue weighted by Crippen LogP contribution is 2.37. The van der Waals surface area contributed by atoms with E-state index in [0.29, 0.717) is 58.5 Å². The Kier molecular flexibility index (Phi) is 17.4. The molecule has 0 aliphatic rings. The molecule has 0 spiro atoms. The maximum absolute atomic E-state index is 13.0. The van der Waals surface area contributed by atoms with Crippen LogP contribution in [0.2, 0.25) is 5.02 Å². The number of hydrogen-bond donors (Lipinski definition) is 4. The molecule has 0 radical (unpaired) electrons. The van der Waals surface area contributed by atoms with Gasteiger partial charge >= 0.3 is 5.97 Å². The number of anilines is 1. The maximum atomic E-state index is 13.0. The molecule has 0 fully saturated rings. The summed E-state index contributed by atoms with van der Waals surface area (Å²) in [6.45, 7) is 1.90. The molecule has 0 aliphatic heterocycles. The zero-order chi connectivity index (χ0) is 35.5. The Morgan fingerprint density at radius 2 is 1.69 bits per heavy atom. The predicted molar refractivity (Wildman–Crippen MR) is 205 cm³/mol. The SMILES string of the molecule is C[C@@H](C(=O)O)N(CCOc1ccc(-c2c(C#N)c(N)nc(SCc3csc(-c4ccc(Cl)cc4)n3)c2C#N)cc1)C(=O)[C@@H](N)CCCCN.Cl.Cl. The second-order valence-corrected chi connectivity index (χ2v) is 13.2. The lowest BCUT2D eigenvalue weighted by atomic mass is 9.97. The van der Waals surface area contributed by atoms with Crippen molar-refractivity contribution in [2.75, 3.05) is 25.4 Å². The summed E-state index contributed by atoms with van der Waals surface area (Å²) in [7, 11) is 0. The second kappa shape index (κ2) is 20.7. The first-order chi connectivity index (χ1) is 23.6. The number of nitrogens with zero attached hydrogens (tertiary/aromatic N) is 5. The number of ether oxygens (including phenoxy) is 1. The van der Waals surface area contributed by atoms with Crippen LogP contribution in [0.15, 0.2) is 58.9 Å². The monoisotopic (exact) mass is 790 g/mol. The minimum atomic E-state index is -1.16. The number of unbranched alkanes of at least 4 members (excludes halogenated alkanes) is 1. The van der Waals surface area contributed by atoms with E-state index in [0.717, 1.165) is 16.3 Å². The van der Waals surface area contributed by atoms with Gasteiger partial charge in [-0.15, -0.1) is 36.2 Å². The number of carboxylic acid groups (broad SMARTS) is 1. The van der Waals surface area contributed by atoms with Crippen molar-refractivity contribution in [3.05, 3.63) is 75.8 Å². The molecule has 0 unspecified atom stereocenters. The largest absolute Gasteiger partial charge is 0.492 e. The number of carboxylic acids is 1. The highest BCUT2D eigenvalue weighted by Gasteiger charge is 2.29. The van der Waals surface area contributed by atoms with E-state index < -0.39 is 24.0 Å². The standard InChI is InChI=1S/C34H35ClN8O4S2.2ClH/c1-20(34(45)46)43(33(44)28(39)4-2-3-13-36)14-15-47-25-11-7-21(8-12-25)29-26(16-37)30(40)42-32(27(29)17-38)49-19-24-18-48-31(41-24)22-5-9-23(35)10-6-22;;/h5-12,18,20,28H,2-4,13-15,19,36,39H2,1H3,(H2,40,42)(H,45,46);2*1H/t20-,28-;;/m0../s1. The van der Waals surface area contributed by atoms with Crippen LogP contribution >= 0.6 is 59.5 Å². The number of aromatic nitrogens is 2. The van der Waals surface area contributed by atoms with Crippen LogP contribution in [-0.4, -0.2) is 63.6 Å². The Balaban J connectivity index is 0.00000451. The molecule has 17 heteroatoms. The highest BCUT2D eigenvalue weighted by atomic mass is 35.5. The number of aliphatic carboxylic acids is 1. The van der Waals surface area contributed by atoms with E-state index >= 15 is 0 Å². The number of hydrogen-bond acceptors (Lipinski definition) is 12. The van der Waals surface area contributed by atoms with Gasteiger partial charge in [-0.2, -0.15) is 10.5 Å². The number of rotatable bonds is 16. The molecule has 0 aliphatic carbocycles. The molecule has 0 saturated heterocycles.